The van der Waals surface area contributed by atoms with Gasteiger partial charge in [-0.2, -0.15) is 0 Å². The molecule has 1 aromatic carbocycles. The van der Waals surface area contributed by atoms with Gasteiger partial charge in [-0.05, 0) is 55.8 Å². The highest BCUT2D eigenvalue weighted by atomic mass is 16.5. The van der Waals surface area contributed by atoms with Crippen LogP contribution in [0, 0.1) is 5.92 Å². The fourth-order valence-corrected chi connectivity index (χ4v) is 4.34. The Balaban J connectivity index is 1.70. The summed E-state index contributed by atoms with van der Waals surface area (Å²) in [6.07, 6.45) is 6.85. The second kappa shape index (κ2) is 5.64. The van der Waals surface area contributed by atoms with E-state index >= 15 is 0 Å². The molecule has 0 amide bonds. The van der Waals surface area contributed by atoms with E-state index in [1.165, 1.54) is 23.8 Å². The maximum Gasteiger partial charge on any atom is 0.0840 e. The van der Waals surface area contributed by atoms with Crippen LogP contribution >= 0.6 is 0 Å². The van der Waals surface area contributed by atoms with Gasteiger partial charge in [0.2, 0.25) is 0 Å². The average Bonchev–Trinajstić information content (AvgIpc) is 2.60. The van der Waals surface area contributed by atoms with E-state index in [9.17, 15) is 0 Å². The largest absolute Gasteiger partial charge is 0.365 e. The lowest BCUT2D eigenvalue weighted by Crippen LogP contribution is -2.56. The van der Waals surface area contributed by atoms with Crippen LogP contribution in [0.25, 0.3) is 10.9 Å². The number of para-hydroxylation sites is 1. The first-order valence-electron chi connectivity index (χ1n) is 8.54. The summed E-state index contributed by atoms with van der Waals surface area (Å²) >= 11 is 0. The number of nitrogens with one attached hydrogen (secondary N) is 1. The Morgan fingerprint density at radius 2 is 2.14 bits per heavy atom. The number of aromatic nitrogens is 1. The smallest absolute Gasteiger partial charge is 0.0840 e. The third-order valence-corrected chi connectivity index (χ3v) is 5.62. The van der Waals surface area contributed by atoms with E-state index < -0.39 is 0 Å². The van der Waals surface area contributed by atoms with Crippen molar-refractivity contribution < 1.29 is 4.74 Å². The molecule has 2 fully saturated rings. The van der Waals surface area contributed by atoms with Gasteiger partial charge in [-0.1, -0.05) is 25.1 Å². The molecular formula is C19H24N2O. The molecule has 116 valence electrons. The quantitative estimate of drug-likeness (QED) is 0.914. The molecule has 0 saturated carbocycles. The molecule has 0 bridgehead atoms. The fraction of sp³-hybridized carbons (Fsp3) is 0.526. The van der Waals surface area contributed by atoms with Crippen LogP contribution in [-0.4, -0.2) is 23.7 Å². The molecule has 4 rings (SSSR count). The van der Waals surface area contributed by atoms with Crippen LogP contribution in [0.2, 0.25) is 0 Å². The molecule has 2 aromatic rings. The predicted molar refractivity (Wildman–Crippen MR) is 88.8 cm³/mol. The number of hydrogen-bond acceptors (Lipinski definition) is 3. The zero-order chi connectivity index (χ0) is 15.0. The number of pyridine rings is 1. The summed E-state index contributed by atoms with van der Waals surface area (Å²) in [5, 5.41) is 4.79. The van der Waals surface area contributed by atoms with Gasteiger partial charge >= 0.3 is 0 Å². The predicted octanol–water partition coefficient (Wildman–Crippen LogP) is 3.84. The van der Waals surface area contributed by atoms with Crippen LogP contribution < -0.4 is 5.32 Å². The summed E-state index contributed by atoms with van der Waals surface area (Å²) in [7, 11) is 0. The van der Waals surface area contributed by atoms with Crippen molar-refractivity contribution in [3.63, 3.8) is 0 Å². The molecule has 22 heavy (non-hydrogen) atoms. The van der Waals surface area contributed by atoms with E-state index in [4.69, 9.17) is 4.74 Å². The Hall–Kier alpha value is -1.45. The van der Waals surface area contributed by atoms with Crippen LogP contribution in [0.1, 0.15) is 44.3 Å². The molecule has 2 saturated heterocycles. The van der Waals surface area contributed by atoms with E-state index in [1.807, 2.05) is 6.20 Å². The number of benzene rings is 1. The van der Waals surface area contributed by atoms with Crippen LogP contribution in [-0.2, 0) is 4.74 Å². The van der Waals surface area contributed by atoms with E-state index in [1.54, 1.807) is 0 Å². The van der Waals surface area contributed by atoms with Crippen LogP contribution in [0.15, 0.2) is 36.5 Å². The molecule has 0 unspecified atom stereocenters. The minimum Gasteiger partial charge on any atom is -0.365 e. The first-order chi connectivity index (χ1) is 10.8. The second-order valence-corrected chi connectivity index (χ2v) is 6.68. The van der Waals surface area contributed by atoms with Crippen molar-refractivity contribution in [3.8, 4) is 0 Å². The second-order valence-electron chi connectivity index (χ2n) is 6.68. The number of nitrogens with zero attached hydrogens (tertiary/aromatic N) is 1. The van der Waals surface area contributed by atoms with Crippen molar-refractivity contribution in [2.24, 2.45) is 5.92 Å². The Kier molecular flexibility index (Phi) is 3.63. The molecule has 3 nitrogen and oxygen atoms in total. The van der Waals surface area contributed by atoms with Gasteiger partial charge in [0.15, 0.2) is 0 Å². The van der Waals surface area contributed by atoms with E-state index in [2.05, 4.69) is 47.6 Å². The van der Waals surface area contributed by atoms with Crippen molar-refractivity contribution in [1.82, 2.24) is 10.3 Å². The molecule has 2 aliphatic rings. The highest BCUT2D eigenvalue weighted by molar-refractivity contribution is 5.82. The standard InChI is InChI=1S/C19H24N2O/c1-2-19-13-20-11-9-14(19)7-8-18(22-19)16-10-12-21-17-6-4-3-5-15(16)17/h3-6,10,12,14,18,20H,2,7-9,11,13H2,1H3/t14-,18-,19+/m0/s1. The Morgan fingerprint density at radius 3 is 3.05 bits per heavy atom. The first-order valence-corrected chi connectivity index (χ1v) is 8.54. The molecule has 0 spiro atoms. The number of ether oxygens (including phenoxy) is 1. The molecular weight excluding hydrogens is 272 g/mol. The maximum absolute atomic E-state index is 6.73. The third kappa shape index (κ3) is 2.24. The van der Waals surface area contributed by atoms with E-state index in [0.717, 1.165) is 31.4 Å². The van der Waals surface area contributed by atoms with Gasteiger partial charge in [-0.25, -0.2) is 0 Å². The number of piperidine rings is 1. The summed E-state index contributed by atoms with van der Waals surface area (Å²) in [6.45, 7) is 4.40. The lowest BCUT2D eigenvalue weighted by molar-refractivity contribution is -0.174. The fourth-order valence-electron chi connectivity index (χ4n) is 4.34. The van der Waals surface area contributed by atoms with E-state index in [0.29, 0.717) is 5.92 Å². The van der Waals surface area contributed by atoms with Crippen molar-refractivity contribution in [2.75, 3.05) is 13.1 Å². The number of fused-ring (bicyclic) bond motifs is 2. The summed E-state index contributed by atoms with van der Waals surface area (Å²) in [6, 6.07) is 10.5. The highest BCUT2D eigenvalue weighted by Crippen LogP contribution is 2.46. The summed E-state index contributed by atoms with van der Waals surface area (Å²) in [5.74, 6) is 0.711. The van der Waals surface area contributed by atoms with Gasteiger partial charge in [0.25, 0.3) is 0 Å². The van der Waals surface area contributed by atoms with Crippen molar-refractivity contribution in [2.45, 2.75) is 44.3 Å². The number of hydrogen-bond donors (Lipinski definition) is 1. The Morgan fingerprint density at radius 1 is 1.23 bits per heavy atom. The highest BCUT2D eigenvalue weighted by Gasteiger charge is 2.45. The monoisotopic (exact) mass is 296 g/mol. The summed E-state index contributed by atoms with van der Waals surface area (Å²) < 4.78 is 6.73. The summed E-state index contributed by atoms with van der Waals surface area (Å²) in [4.78, 5) is 4.49. The lowest BCUT2D eigenvalue weighted by Gasteiger charge is -2.50. The molecule has 3 heteroatoms. The minimum absolute atomic E-state index is 0.0194. The Labute approximate surface area is 132 Å². The Bertz CT molecular complexity index is 666. The van der Waals surface area contributed by atoms with E-state index in [-0.39, 0.29) is 11.7 Å². The zero-order valence-corrected chi connectivity index (χ0v) is 13.2. The van der Waals surface area contributed by atoms with Crippen molar-refractivity contribution in [3.05, 3.63) is 42.1 Å². The van der Waals surface area contributed by atoms with Crippen LogP contribution in [0.3, 0.4) is 0 Å². The molecule has 0 aliphatic carbocycles. The third-order valence-electron chi connectivity index (χ3n) is 5.62. The van der Waals surface area contributed by atoms with Gasteiger partial charge in [0, 0.05) is 18.1 Å². The van der Waals surface area contributed by atoms with Gasteiger partial charge in [-0.3, -0.25) is 4.98 Å². The SMILES string of the molecule is CC[C@@]12CNCC[C@@H]1CC[C@@H](c1ccnc3ccccc13)O2. The molecule has 3 heterocycles. The van der Waals surface area contributed by atoms with Crippen molar-refractivity contribution >= 4 is 10.9 Å². The maximum atomic E-state index is 6.73. The van der Waals surface area contributed by atoms with Gasteiger partial charge in [0.1, 0.15) is 0 Å². The zero-order valence-electron chi connectivity index (χ0n) is 13.2. The normalized spacial score (nSPS) is 31.9. The minimum atomic E-state index is 0.0194. The molecule has 1 aromatic heterocycles. The molecule has 3 atom stereocenters. The number of rotatable bonds is 2. The van der Waals surface area contributed by atoms with Crippen LogP contribution in [0.4, 0.5) is 0 Å². The van der Waals surface area contributed by atoms with Gasteiger partial charge < -0.3 is 10.1 Å². The summed E-state index contributed by atoms with van der Waals surface area (Å²) in [5.41, 5.74) is 2.39. The lowest BCUT2D eigenvalue weighted by atomic mass is 9.74. The average molecular weight is 296 g/mol. The molecule has 2 aliphatic heterocycles. The first kappa shape index (κ1) is 14.2. The van der Waals surface area contributed by atoms with Crippen molar-refractivity contribution in [1.29, 1.82) is 0 Å². The van der Waals surface area contributed by atoms with Gasteiger partial charge in [-0.15, -0.1) is 0 Å². The van der Waals surface area contributed by atoms with Gasteiger partial charge in [0.05, 0.1) is 17.2 Å². The topological polar surface area (TPSA) is 34.2 Å². The molecule has 0 radical (unpaired) electrons. The molecule has 1 N–H and O–H groups in total. The van der Waals surface area contributed by atoms with Crippen LogP contribution in [0.5, 0.6) is 0 Å².